The molecule has 0 saturated carbocycles. The predicted molar refractivity (Wildman–Crippen MR) is 115 cm³/mol. The summed E-state index contributed by atoms with van der Waals surface area (Å²) in [5.74, 6) is 0.764. The fourth-order valence-corrected chi connectivity index (χ4v) is 3.95. The Bertz CT molecular complexity index is 1110. The van der Waals surface area contributed by atoms with Crippen LogP contribution in [0.5, 0.6) is 0 Å². The van der Waals surface area contributed by atoms with E-state index in [9.17, 15) is 13.2 Å². The first-order chi connectivity index (χ1) is 14.3. The first-order valence-electron chi connectivity index (χ1n) is 9.27. The molecule has 154 valence electrons. The van der Waals surface area contributed by atoms with E-state index in [-0.39, 0.29) is 11.7 Å². The van der Waals surface area contributed by atoms with E-state index in [2.05, 4.69) is 27.2 Å². The molecule has 8 heteroatoms. The van der Waals surface area contributed by atoms with Crippen LogP contribution in [-0.2, 0) is 6.18 Å². The number of aliphatic imine (C=N–C) groups is 1. The quantitative estimate of drug-likeness (QED) is 0.657. The number of rotatable bonds is 4. The Kier molecular flexibility index (Phi) is 5.34. The summed E-state index contributed by atoms with van der Waals surface area (Å²) in [5, 5.41) is 9.14. The average Bonchev–Trinajstić information content (AvgIpc) is 3.11. The van der Waals surface area contributed by atoms with Gasteiger partial charge in [-0.2, -0.15) is 13.2 Å². The molecule has 1 aromatic carbocycles. The summed E-state index contributed by atoms with van der Waals surface area (Å²) in [6.45, 7) is 5.85. The van der Waals surface area contributed by atoms with Gasteiger partial charge in [0.2, 0.25) is 0 Å². The number of hydrogen-bond donors (Lipinski definition) is 2. The number of anilines is 1. The molecule has 30 heavy (non-hydrogen) atoms. The van der Waals surface area contributed by atoms with Crippen molar-refractivity contribution >= 4 is 29.1 Å². The first-order valence-corrected chi connectivity index (χ1v) is 10.1. The lowest BCUT2D eigenvalue weighted by Crippen LogP contribution is -2.22. The third kappa shape index (κ3) is 4.38. The third-order valence-corrected chi connectivity index (χ3v) is 5.48. The molecule has 2 N–H and O–H groups in total. The van der Waals surface area contributed by atoms with Gasteiger partial charge in [-0.15, -0.1) is 11.3 Å². The molecule has 0 amide bonds. The zero-order valence-corrected chi connectivity index (χ0v) is 16.9. The summed E-state index contributed by atoms with van der Waals surface area (Å²) < 4.78 is 40.4. The van der Waals surface area contributed by atoms with Gasteiger partial charge in [0.05, 0.1) is 10.6 Å². The van der Waals surface area contributed by atoms with E-state index in [0.717, 1.165) is 28.0 Å². The van der Waals surface area contributed by atoms with Crippen LogP contribution in [0.3, 0.4) is 0 Å². The summed E-state index contributed by atoms with van der Waals surface area (Å²) in [5.41, 5.74) is 2.07. The Balaban J connectivity index is 1.60. The number of benzene rings is 1. The average molecular weight is 428 g/mol. The molecule has 0 radical (unpaired) electrons. The van der Waals surface area contributed by atoms with E-state index in [1.807, 2.05) is 24.5 Å². The van der Waals surface area contributed by atoms with Crippen molar-refractivity contribution in [3.05, 3.63) is 87.4 Å². The van der Waals surface area contributed by atoms with Crippen molar-refractivity contribution in [2.75, 3.05) is 5.32 Å². The van der Waals surface area contributed by atoms with Crippen molar-refractivity contribution in [1.82, 2.24) is 10.3 Å². The second-order valence-electron chi connectivity index (χ2n) is 6.96. The van der Waals surface area contributed by atoms with Gasteiger partial charge in [-0.25, -0.2) is 4.98 Å². The highest BCUT2D eigenvalue weighted by molar-refractivity contribution is 7.09. The molecule has 2 aromatic rings. The fraction of sp³-hybridized carbons (Fsp3) is 0.182. The summed E-state index contributed by atoms with van der Waals surface area (Å²) in [7, 11) is 0. The lowest BCUT2D eigenvalue weighted by molar-refractivity contribution is -0.137. The van der Waals surface area contributed by atoms with E-state index < -0.39 is 11.7 Å². The first kappa shape index (κ1) is 20.2. The van der Waals surface area contributed by atoms with E-state index in [1.165, 1.54) is 12.1 Å². The molecular weight excluding hydrogens is 409 g/mol. The standard InChI is InChI=1S/C22H19F3N4S/c1-13-9-16(10-19(27-13)17-5-3-4-6-18(17)22(23,24)25)15-7-8-26-20(11-15)29-21-12-30-14(2)28-21/h3-10,12,20,27,29H,1,11H2,2H3. The van der Waals surface area contributed by atoms with Gasteiger partial charge in [-0.3, -0.25) is 4.99 Å². The second kappa shape index (κ2) is 7.95. The summed E-state index contributed by atoms with van der Waals surface area (Å²) in [6.07, 6.45) is 3.07. The number of aromatic nitrogens is 1. The van der Waals surface area contributed by atoms with Gasteiger partial charge in [0, 0.05) is 35.0 Å². The molecule has 0 saturated heterocycles. The molecule has 0 fully saturated rings. The van der Waals surface area contributed by atoms with Gasteiger partial charge >= 0.3 is 6.18 Å². The largest absolute Gasteiger partial charge is 0.417 e. The maximum atomic E-state index is 13.5. The van der Waals surface area contributed by atoms with Crippen LogP contribution in [0.2, 0.25) is 0 Å². The van der Waals surface area contributed by atoms with Gasteiger partial charge in [-0.1, -0.05) is 24.8 Å². The van der Waals surface area contributed by atoms with Crippen LogP contribution in [0.25, 0.3) is 5.70 Å². The highest BCUT2D eigenvalue weighted by Crippen LogP contribution is 2.36. The molecule has 1 atom stereocenters. The molecule has 0 aliphatic carbocycles. The maximum absolute atomic E-state index is 13.5. The zero-order chi connectivity index (χ0) is 21.3. The lowest BCUT2D eigenvalue weighted by Gasteiger charge is -2.25. The van der Waals surface area contributed by atoms with Gasteiger partial charge in [0.25, 0.3) is 0 Å². The molecule has 1 unspecified atom stereocenters. The summed E-state index contributed by atoms with van der Waals surface area (Å²) >= 11 is 1.55. The van der Waals surface area contributed by atoms with Crippen LogP contribution in [-0.4, -0.2) is 17.4 Å². The van der Waals surface area contributed by atoms with Crippen molar-refractivity contribution < 1.29 is 13.2 Å². The monoisotopic (exact) mass is 428 g/mol. The molecule has 4 rings (SSSR count). The Morgan fingerprint density at radius 3 is 2.77 bits per heavy atom. The topological polar surface area (TPSA) is 49.3 Å². The van der Waals surface area contributed by atoms with Crippen molar-refractivity contribution in [2.24, 2.45) is 4.99 Å². The molecule has 2 aliphatic heterocycles. The zero-order valence-electron chi connectivity index (χ0n) is 16.1. The normalized spacial score (nSPS) is 19.0. The SMILES string of the molecule is C=C1C=C(C2=CC=NC(Nc3csc(C)n3)C2)C=C(c2ccccc2C(F)(F)F)N1. The third-order valence-electron chi connectivity index (χ3n) is 4.71. The molecule has 2 aliphatic rings. The van der Waals surface area contributed by atoms with Gasteiger partial charge in [0.1, 0.15) is 12.0 Å². The Hall–Kier alpha value is -3.13. The van der Waals surface area contributed by atoms with Crippen LogP contribution in [0, 0.1) is 6.92 Å². The van der Waals surface area contributed by atoms with Crippen molar-refractivity contribution in [2.45, 2.75) is 25.7 Å². The van der Waals surface area contributed by atoms with Crippen LogP contribution in [0.1, 0.15) is 22.6 Å². The fourth-order valence-electron chi connectivity index (χ4n) is 3.39. The highest BCUT2D eigenvalue weighted by atomic mass is 32.1. The number of thiazole rings is 1. The maximum Gasteiger partial charge on any atom is 0.417 e. The number of halogens is 3. The van der Waals surface area contributed by atoms with Crippen molar-refractivity contribution in [3.63, 3.8) is 0 Å². The van der Waals surface area contributed by atoms with Crippen LogP contribution >= 0.6 is 11.3 Å². The Morgan fingerprint density at radius 1 is 1.23 bits per heavy atom. The molecule has 4 nitrogen and oxygen atoms in total. The minimum atomic E-state index is -4.45. The summed E-state index contributed by atoms with van der Waals surface area (Å²) in [6, 6.07) is 5.53. The van der Waals surface area contributed by atoms with E-state index in [0.29, 0.717) is 17.8 Å². The van der Waals surface area contributed by atoms with Gasteiger partial charge in [0.15, 0.2) is 0 Å². The van der Waals surface area contributed by atoms with Crippen LogP contribution in [0.15, 0.2) is 76.3 Å². The molecule has 1 aromatic heterocycles. The number of nitrogens with zero attached hydrogens (tertiary/aromatic N) is 2. The number of aryl methyl sites for hydroxylation is 1. The van der Waals surface area contributed by atoms with E-state index >= 15 is 0 Å². The number of nitrogens with one attached hydrogen (secondary N) is 2. The van der Waals surface area contributed by atoms with E-state index in [4.69, 9.17) is 0 Å². The van der Waals surface area contributed by atoms with Gasteiger partial charge in [-0.05, 0) is 42.4 Å². The molecular formula is C22H19F3N4S. The van der Waals surface area contributed by atoms with Crippen LogP contribution in [0.4, 0.5) is 19.0 Å². The van der Waals surface area contributed by atoms with E-state index in [1.54, 1.807) is 29.7 Å². The molecule has 0 bridgehead atoms. The predicted octanol–water partition coefficient (Wildman–Crippen LogP) is 5.69. The van der Waals surface area contributed by atoms with Gasteiger partial charge < -0.3 is 10.6 Å². The second-order valence-corrected chi connectivity index (χ2v) is 8.02. The highest BCUT2D eigenvalue weighted by Gasteiger charge is 2.34. The minimum absolute atomic E-state index is 0.0921. The number of dihydropyridines is 2. The van der Waals surface area contributed by atoms with Crippen molar-refractivity contribution in [3.8, 4) is 0 Å². The number of allylic oxidation sites excluding steroid dienone is 4. The molecule has 3 heterocycles. The number of alkyl halides is 3. The Morgan fingerprint density at radius 2 is 2.03 bits per heavy atom. The summed E-state index contributed by atoms with van der Waals surface area (Å²) in [4.78, 5) is 8.83. The molecule has 0 spiro atoms. The smallest absolute Gasteiger partial charge is 0.355 e. The van der Waals surface area contributed by atoms with Crippen molar-refractivity contribution in [1.29, 1.82) is 0 Å². The Labute approximate surface area is 176 Å². The lowest BCUT2D eigenvalue weighted by atomic mass is 9.93. The number of hydrogen-bond acceptors (Lipinski definition) is 5. The van der Waals surface area contributed by atoms with Crippen LogP contribution < -0.4 is 10.6 Å². The minimum Gasteiger partial charge on any atom is -0.355 e.